The fraction of sp³-hybridized carbons (Fsp3) is 0.200. The first-order chi connectivity index (χ1) is 29.5. The van der Waals surface area contributed by atoms with Crippen LogP contribution in [0.2, 0.25) is 15.1 Å². The molecule has 4 aromatic carbocycles. The van der Waals surface area contributed by atoms with E-state index in [4.69, 9.17) is 69.3 Å². The molecule has 18 heteroatoms. The van der Waals surface area contributed by atoms with Crippen molar-refractivity contribution in [1.82, 2.24) is 0 Å². The van der Waals surface area contributed by atoms with Crippen molar-refractivity contribution in [1.29, 1.82) is 0 Å². The fourth-order valence-corrected chi connectivity index (χ4v) is 5.84. The van der Waals surface area contributed by atoms with Crippen LogP contribution < -0.4 is 44.2 Å². The molecule has 14 nitrogen and oxygen atoms in total. The number of carbonyl (C=O) groups is 6. The van der Waals surface area contributed by atoms with Crippen LogP contribution in [0, 0.1) is 27.7 Å². The van der Waals surface area contributed by atoms with Crippen molar-refractivity contribution in [3.8, 4) is 0 Å². The second-order valence-corrected chi connectivity index (χ2v) is 16.0. The predicted octanol–water partition coefficient (Wildman–Crippen LogP) is 8.03. The first-order valence-electron chi connectivity index (χ1n) is 19.0. The van der Waals surface area contributed by atoms with Crippen LogP contribution in [-0.4, -0.2) is 47.3 Å². The number of aryl methyl sites for hydroxylation is 4. The van der Waals surface area contributed by atoms with Crippen molar-refractivity contribution >= 4 is 110 Å². The number of halogens is 4. The number of nitrogens with one attached hydrogen (secondary N) is 4. The van der Waals surface area contributed by atoms with Gasteiger partial charge in [0.1, 0.15) is 12.1 Å². The van der Waals surface area contributed by atoms with Gasteiger partial charge in [0.25, 0.3) is 11.8 Å². The summed E-state index contributed by atoms with van der Waals surface area (Å²) in [6, 6.07) is 16.2. The van der Waals surface area contributed by atoms with Gasteiger partial charge in [0.2, 0.25) is 11.8 Å². The highest BCUT2D eigenvalue weighted by Crippen LogP contribution is 2.27. The van der Waals surface area contributed by atoms with Gasteiger partial charge in [-0.1, -0.05) is 70.7 Å². The summed E-state index contributed by atoms with van der Waals surface area (Å²) in [4.78, 5) is 70.3. The highest BCUT2D eigenvalue weighted by atomic mass is 35.5. The molecule has 332 valence electrons. The highest BCUT2D eigenvalue weighted by molar-refractivity contribution is 6.33. The molecule has 0 spiro atoms. The first-order valence-corrected chi connectivity index (χ1v) is 20.5. The van der Waals surface area contributed by atoms with Crippen LogP contribution in [0.25, 0.3) is 0 Å². The van der Waals surface area contributed by atoms with Crippen LogP contribution in [0.3, 0.4) is 0 Å². The van der Waals surface area contributed by atoms with Gasteiger partial charge in [0.05, 0.1) is 15.7 Å². The Morgan fingerprint density at radius 3 is 1.44 bits per heavy atom. The minimum atomic E-state index is -1.24. The summed E-state index contributed by atoms with van der Waals surface area (Å²) in [5, 5.41) is 12.8. The van der Waals surface area contributed by atoms with Crippen molar-refractivity contribution in [3.63, 3.8) is 0 Å². The molecule has 0 aliphatic heterocycles. The summed E-state index contributed by atoms with van der Waals surface area (Å²) >= 11 is 23.6. The Bertz CT molecular complexity index is 2480. The quantitative estimate of drug-likeness (QED) is 0.0561. The fourth-order valence-electron chi connectivity index (χ4n) is 5.24. The molecule has 63 heavy (non-hydrogen) atoms. The van der Waals surface area contributed by atoms with Gasteiger partial charge in [0, 0.05) is 49.6 Å². The Hall–Kier alpha value is -6.00. The third-order valence-corrected chi connectivity index (χ3v) is 10.4. The molecule has 2 atom stereocenters. The Balaban J connectivity index is 0.000000253. The molecule has 0 bridgehead atoms. The number of allylic oxidation sites excluding steroid dienone is 4. The molecule has 0 aromatic heterocycles. The van der Waals surface area contributed by atoms with Gasteiger partial charge in [0.15, 0.2) is 11.6 Å². The van der Waals surface area contributed by atoms with Crippen LogP contribution >= 0.6 is 46.4 Å². The molecule has 0 saturated carbocycles. The lowest BCUT2D eigenvalue weighted by Crippen LogP contribution is -2.41. The van der Waals surface area contributed by atoms with Gasteiger partial charge >= 0.3 is 0 Å². The molecule has 2 unspecified atom stereocenters. The van der Waals surface area contributed by atoms with Crippen molar-refractivity contribution in [2.45, 2.75) is 60.0 Å². The van der Waals surface area contributed by atoms with Crippen LogP contribution in [-0.2, 0) is 24.0 Å². The standard InChI is InChI=1S/C16H22N4O4.C15H14Cl2N2O.C14H12Cl2N2O/c1-7-5-12(20-16(24)14(18)10(4)22)8(2)6-11(7)19-15(23)13(17)9(3)21;1-9-2-5-11(16)8-14(9)19-15(20)10-3-6-12(17)13(18)7-4-10;1-8-2-4-10(15)7-13(8)18-14(19)9-3-5-11(16)12(17)6-9/h5-6,13-14H,17-18H2,1-4H3,(H,19,23)(H,20,24);2-3,5-8H,4,18H2,1H3,(H,19,20);2-7H,17H2,1H3,(H,18,19). The van der Waals surface area contributed by atoms with Gasteiger partial charge < -0.3 is 44.2 Å². The third-order valence-electron chi connectivity index (χ3n) is 9.22. The van der Waals surface area contributed by atoms with Crippen LogP contribution in [0.5, 0.6) is 0 Å². The maximum atomic E-state index is 12.2. The summed E-state index contributed by atoms with van der Waals surface area (Å²) in [5.74, 6) is -2.55. The highest BCUT2D eigenvalue weighted by Gasteiger charge is 2.21. The summed E-state index contributed by atoms with van der Waals surface area (Å²) in [6.45, 7) is 9.70. The van der Waals surface area contributed by atoms with E-state index in [1.807, 2.05) is 26.0 Å². The van der Waals surface area contributed by atoms with Gasteiger partial charge in [-0.05, 0) is 131 Å². The van der Waals surface area contributed by atoms with E-state index in [0.29, 0.717) is 82.9 Å². The average Bonchev–Trinajstić information content (AvgIpc) is 3.39. The molecule has 1 aliphatic rings. The number of nitrogens with two attached hydrogens (primary N) is 4. The Morgan fingerprint density at radius 1 is 0.556 bits per heavy atom. The normalized spacial score (nSPS) is 12.7. The molecule has 0 fully saturated rings. The largest absolute Gasteiger partial charge is 0.398 e. The minimum Gasteiger partial charge on any atom is -0.398 e. The lowest BCUT2D eigenvalue weighted by atomic mass is 10.1. The van der Waals surface area contributed by atoms with Crippen LogP contribution in [0.15, 0.2) is 101 Å². The van der Waals surface area contributed by atoms with Gasteiger partial charge in [-0.15, -0.1) is 0 Å². The number of rotatable bonds is 10. The van der Waals surface area contributed by atoms with Gasteiger partial charge in [-0.2, -0.15) is 0 Å². The molecule has 12 N–H and O–H groups in total. The maximum Gasteiger partial charge on any atom is 0.255 e. The summed E-state index contributed by atoms with van der Waals surface area (Å²) in [6.07, 6.45) is 5.46. The van der Waals surface area contributed by atoms with E-state index < -0.39 is 35.5 Å². The van der Waals surface area contributed by atoms with Crippen molar-refractivity contribution in [3.05, 3.63) is 144 Å². The minimum absolute atomic E-state index is 0.193. The number of benzene rings is 4. The second kappa shape index (κ2) is 23.4. The molecule has 4 amide bonds. The Kier molecular flexibility index (Phi) is 19.1. The van der Waals surface area contributed by atoms with E-state index in [0.717, 1.165) is 11.1 Å². The molecule has 0 saturated heterocycles. The molecule has 5 rings (SSSR count). The number of ketones is 2. The number of nitrogen functional groups attached to an aromatic ring is 1. The number of amides is 4. The molecule has 0 radical (unpaired) electrons. The zero-order chi connectivity index (χ0) is 47.3. The lowest BCUT2D eigenvalue weighted by Gasteiger charge is -2.16. The smallest absolute Gasteiger partial charge is 0.255 e. The summed E-state index contributed by atoms with van der Waals surface area (Å²) in [5.41, 5.74) is 29.7. The van der Waals surface area contributed by atoms with E-state index in [1.54, 1.807) is 80.6 Å². The molecule has 0 heterocycles. The Morgan fingerprint density at radius 2 is 1.00 bits per heavy atom. The Labute approximate surface area is 385 Å². The predicted molar refractivity (Wildman–Crippen MR) is 254 cm³/mol. The van der Waals surface area contributed by atoms with Crippen molar-refractivity contribution < 1.29 is 28.8 Å². The van der Waals surface area contributed by atoms with E-state index in [9.17, 15) is 28.8 Å². The molecular weight excluding hydrogens is 890 g/mol. The maximum absolute atomic E-state index is 12.2. The van der Waals surface area contributed by atoms with Gasteiger partial charge in [-0.25, -0.2) is 0 Å². The SMILES string of the molecule is CC(=O)C(N)C(=O)Nc1cc(C)c(NC(=O)C(N)C(C)=O)cc1C.Cc1ccc(Cl)cc1NC(=O)C1=CC=C(Cl)C(N)=CC1.Cc1ccc(Cl)cc1NC(=O)c1ccc(Cl)c(N)c1. The molecule has 4 aromatic rings. The van der Waals surface area contributed by atoms with E-state index in [1.165, 1.54) is 19.9 Å². The number of Topliss-reactive ketones (excluding diaryl/α,β-unsaturated/α-hetero) is 2. The van der Waals surface area contributed by atoms with E-state index in [-0.39, 0.29) is 11.8 Å². The first kappa shape index (κ1) is 51.4. The monoisotopic (exact) mass is 936 g/mol. The van der Waals surface area contributed by atoms with E-state index >= 15 is 0 Å². The zero-order valence-electron chi connectivity index (χ0n) is 35.2. The zero-order valence-corrected chi connectivity index (χ0v) is 38.2. The lowest BCUT2D eigenvalue weighted by molar-refractivity contribution is -0.127. The third kappa shape index (κ3) is 15.4. The topological polar surface area (TPSA) is 255 Å². The number of carbonyl (C=O) groups excluding carboxylic acids is 6. The van der Waals surface area contributed by atoms with Gasteiger partial charge in [-0.3, -0.25) is 28.8 Å². The molecular formula is C45H48Cl4N8O6. The average molecular weight is 939 g/mol. The number of hydrogen-bond acceptors (Lipinski definition) is 10. The van der Waals surface area contributed by atoms with Crippen molar-refractivity contribution in [2.24, 2.45) is 17.2 Å². The van der Waals surface area contributed by atoms with E-state index in [2.05, 4.69) is 21.3 Å². The number of hydrogen-bond donors (Lipinski definition) is 8. The second-order valence-electron chi connectivity index (χ2n) is 14.3. The summed E-state index contributed by atoms with van der Waals surface area (Å²) < 4.78 is 0. The van der Waals surface area contributed by atoms with Crippen molar-refractivity contribution in [2.75, 3.05) is 27.0 Å². The van der Waals surface area contributed by atoms with Crippen LogP contribution in [0.1, 0.15) is 52.9 Å². The summed E-state index contributed by atoms with van der Waals surface area (Å²) in [7, 11) is 0. The van der Waals surface area contributed by atoms with Crippen LogP contribution in [0.4, 0.5) is 28.4 Å². The number of anilines is 5. The molecule has 1 aliphatic carbocycles.